The van der Waals surface area contributed by atoms with Crippen LogP contribution in [-0.2, 0) is 0 Å². The molecule has 19 heavy (non-hydrogen) atoms. The van der Waals surface area contributed by atoms with Gasteiger partial charge in [0.05, 0.1) is 0 Å². The second-order valence-electron chi connectivity index (χ2n) is 4.61. The highest BCUT2D eigenvalue weighted by Gasteiger charge is 2.12. The van der Waals surface area contributed by atoms with E-state index in [2.05, 4.69) is 21.2 Å². The van der Waals surface area contributed by atoms with Gasteiger partial charge in [0.15, 0.2) is 0 Å². The molecule has 0 aromatic heterocycles. The van der Waals surface area contributed by atoms with Crippen molar-refractivity contribution in [2.75, 3.05) is 11.9 Å². The fraction of sp³-hybridized carbons (Fsp3) is 0.267. The summed E-state index contributed by atoms with van der Waals surface area (Å²) in [7, 11) is 0. The van der Waals surface area contributed by atoms with Crippen molar-refractivity contribution in [1.82, 2.24) is 5.32 Å². The molecule has 0 saturated heterocycles. The lowest BCUT2D eigenvalue weighted by atomic mass is 10.0. The van der Waals surface area contributed by atoms with Crippen LogP contribution in [0.15, 0.2) is 36.4 Å². The summed E-state index contributed by atoms with van der Waals surface area (Å²) in [5.74, 6) is -0.111. The fourth-order valence-corrected chi connectivity index (χ4v) is 2.11. The van der Waals surface area contributed by atoms with E-state index in [1.807, 2.05) is 6.92 Å². The van der Waals surface area contributed by atoms with Crippen LogP contribution >= 0.6 is 15.9 Å². The minimum Gasteiger partial charge on any atom is -0.352 e. The van der Waals surface area contributed by atoms with Gasteiger partial charge in [-0.3, -0.25) is 4.79 Å². The lowest BCUT2D eigenvalue weighted by molar-refractivity contribution is 0.0951. The number of nitrogens with one attached hydrogen (secondary N) is 1. The van der Waals surface area contributed by atoms with Crippen molar-refractivity contribution in [3.63, 3.8) is 0 Å². The van der Waals surface area contributed by atoms with E-state index in [9.17, 15) is 9.18 Å². The van der Waals surface area contributed by atoms with E-state index in [0.717, 1.165) is 5.33 Å². The molecule has 100 valence electrons. The largest absolute Gasteiger partial charge is 0.352 e. The predicted octanol–water partition coefficient (Wildman–Crippen LogP) is 3.74. The molecule has 2 aromatic carbocycles. The lowest BCUT2D eigenvalue weighted by Gasteiger charge is -2.11. The maximum Gasteiger partial charge on any atom is 0.251 e. The molecular weight excluding hydrogens is 309 g/mol. The van der Waals surface area contributed by atoms with Gasteiger partial charge in [0.25, 0.3) is 5.91 Å². The molecule has 0 fully saturated rings. The van der Waals surface area contributed by atoms with Gasteiger partial charge in [-0.25, -0.2) is 4.39 Å². The molecule has 0 aliphatic carbocycles. The highest BCUT2D eigenvalue weighted by Crippen LogP contribution is 2.21. The van der Waals surface area contributed by atoms with E-state index in [4.69, 9.17) is 0 Å². The van der Waals surface area contributed by atoms with Crippen LogP contribution in [0.25, 0.3) is 10.8 Å². The molecule has 0 heterocycles. The molecule has 0 aliphatic heterocycles. The van der Waals surface area contributed by atoms with Crippen LogP contribution in [0.5, 0.6) is 0 Å². The van der Waals surface area contributed by atoms with Gasteiger partial charge in [-0.05, 0) is 23.4 Å². The summed E-state index contributed by atoms with van der Waals surface area (Å²) in [6.45, 7) is 2.63. The normalized spacial score (nSPS) is 12.4. The Hall–Kier alpha value is -1.42. The smallest absolute Gasteiger partial charge is 0.251 e. The number of carbonyl (C=O) groups excluding carboxylic acids is 1. The molecule has 1 unspecified atom stereocenters. The topological polar surface area (TPSA) is 29.1 Å². The molecule has 0 bridgehead atoms. The lowest BCUT2D eigenvalue weighted by Crippen LogP contribution is -2.29. The van der Waals surface area contributed by atoms with Crippen molar-refractivity contribution in [1.29, 1.82) is 0 Å². The van der Waals surface area contributed by atoms with Gasteiger partial charge in [-0.2, -0.15) is 0 Å². The molecule has 0 spiro atoms. The second kappa shape index (κ2) is 6.15. The minimum atomic E-state index is -0.305. The average Bonchev–Trinajstić information content (AvgIpc) is 2.45. The zero-order valence-corrected chi connectivity index (χ0v) is 12.2. The van der Waals surface area contributed by atoms with Crippen molar-refractivity contribution < 1.29 is 9.18 Å². The molecule has 2 nitrogen and oxygen atoms in total. The molecule has 0 radical (unpaired) electrons. The maximum atomic E-state index is 13.7. The zero-order valence-electron chi connectivity index (χ0n) is 10.6. The van der Waals surface area contributed by atoms with Crippen LogP contribution < -0.4 is 5.32 Å². The quantitative estimate of drug-likeness (QED) is 0.853. The third-order valence-electron chi connectivity index (χ3n) is 2.99. The number of hydrogen-bond donors (Lipinski definition) is 1. The Morgan fingerprint density at radius 1 is 1.26 bits per heavy atom. The van der Waals surface area contributed by atoms with Gasteiger partial charge in [0.1, 0.15) is 5.82 Å². The van der Waals surface area contributed by atoms with Gasteiger partial charge in [0.2, 0.25) is 0 Å². The number of halogens is 2. The number of fused-ring (bicyclic) bond motifs is 1. The van der Waals surface area contributed by atoms with Gasteiger partial charge < -0.3 is 5.32 Å². The molecular formula is C15H15BrFNO. The van der Waals surface area contributed by atoms with Crippen molar-refractivity contribution in [3.8, 4) is 0 Å². The predicted molar refractivity (Wildman–Crippen MR) is 79.2 cm³/mol. The first-order valence-electron chi connectivity index (χ1n) is 6.15. The summed E-state index contributed by atoms with van der Waals surface area (Å²) in [4.78, 5) is 12.1. The number of benzene rings is 2. The Balaban J connectivity index is 2.30. The van der Waals surface area contributed by atoms with Crippen molar-refractivity contribution in [2.24, 2.45) is 5.92 Å². The van der Waals surface area contributed by atoms with Crippen molar-refractivity contribution >= 4 is 32.6 Å². The number of rotatable bonds is 4. The SMILES string of the molecule is CC(CBr)CNC(=O)c1ccc(F)c2ccccc12. The van der Waals surface area contributed by atoms with Crippen molar-refractivity contribution in [2.45, 2.75) is 6.92 Å². The molecule has 4 heteroatoms. The summed E-state index contributed by atoms with van der Waals surface area (Å²) in [5.41, 5.74) is 0.513. The van der Waals surface area contributed by atoms with Gasteiger partial charge in [-0.1, -0.05) is 47.1 Å². The van der Waals surface area contributed by atoms with E-state index < -0.39 is 0 Å². The fourth-order valence-electron chi connectivity index (χ4n) is 1.88. The van der Waals surface area contributed by atoms with Crippen LogP contribution in [0.2, 0.25) is 0 Å². The van der Waals surface area contributed by atoms with E-state index in [1.54, 1.807) is 24.3 Å². The Kier molecular flexibility index (Phi) is 4.53. The first-order chi connectivity index (χ1) is 9.13. The van der Waals surface area contributed by atoms with E-state index in [1.165, 1.54) is 12.1 Å². The zero-order chi connectivity index (χ0) is 13.8. The number of carbonyl (C=O) groups is 1. The summed E-state index contributed by atoms with van der Waals surface area (Å²) < 4.78 is 13.7. The maximum absolute atomic E-state index is 13.7. The van der Waals surface area contributed by atoms with E-state index in [0.29, 0.717) is 28.8 Å². The third-order valence-corrected chi connectivity index (χ3v) is 4.10. The first-order valence-corrected chi connectivity index (χ1v) is 7.27. The van der Waals surface area contributed by atoms with Gasteiger partial charge >= 0.3 is 0 Å². The van der Waals surface area contributed by atoms with Crippen LogP contribution in [0.1, 0.15) is 17.3 Å². The van der Waals surface area contributed by atoms with Crippen LogP contribution in [0.3, 0.4) is 0 Å². The molecule has 2 rings (SSSR count). The monoisotopic (exact) mass is 323 g/mol. The van der Waals surface area contributed by atoms with E-state index >= 15 is 0 Å². The Morgan fingerprint density at radius 3 is 2.63 bits per heavy atom. The molecule has 1 amide bonds. The Bertz CT molecular complexity index is 600. The Morgan fingerprint density at radius 2 is 1.95 bits per heavy atom. The van der Waals surface area contributed by atoms with E-state index in [-0.39, 0.29) is 11.7 Å². The summed E-state index contributed by atoms with van der Waals surface area (Å²) >= 11 is 3.37. The first kappa shape index (κ1) is 14.0. The molecule has 2 aromatic rings. The third kappa shape index (κ3) is 3.13. The summed E-state index contributed by atoms with van der Waals surface area (Å²) in [5, 5.41) is 4.82. The summed E-state index contributed by atoms with van der Waals surface area (Å²) in [6, 6.07) is 9.89. The average molecular weight is 324 g/mol. The molecule has 1 atom stereocenters. The highest BCUT2D eigenvalue weighted by molar-refractivity contribution is 9.09. The highest BCUT2D eigenvalue weighted by atomic mass is 79.9. The molecule has 0 saturated carbocycles. The van der Waals surface area contributed by atoms with Crippen molar-refractivity contribution in [3.05, 3.63) is 47.8 Å². The summed E-state index contributed by atoms with van der Waals surface area (Å²) in [6.07, 6.45) is 0. The van der Waals surface area contributed by atoms with Gasteiger partial charge in [-0.15, -0.1) is 0 Å². The number of amides is 1. The van der Waals surface area contributed by atoms with Crippen LogP contribution in [0.4, 0.5) is 4.39 Å². The number of hydrogen-bond acceptors (Lipinski definition) is 1. The second-order valence-corrected chi connectivity index (χ2v) is 5.26. The minimum absolute atomic E-state index is 0.163. The Labute approximate surface area is 120 Å². The molecule has 1 N–H and O–H groups in total. The number of alkyl halides is 1. The van der Waals surface area contributed by atoms with Gasteiger partial charge in [0, 0.05) is 22.8 Å². The standard InChI is InChI=1S/C15H15BrFNO/c1-10(8-16)9-18-15(19)13-6-7-14(17)12-5-3-2-4-11(12)13/h2-7,10H,8-9H2,1H3,(H,18,19). The van der Waals surface area contributed by atoms with Crippen LogP contribution in [-0.4, -0.2) is 17.8 Å². The van der Waals surface area contributed by atoms with Crippen LogP contribution in [0, 0.1) is 11.7 Å². The molecule has 0 aliphatic rings.